The molecule has 0 spiro atoms. The molecule has 0 aliphatic rings. The molecule has 1 aromatic heterocycles. The molecular weight excluding hydrogens is 404 g/mol. The Bertz CT molecular complexity index is 1160. The predicted molar refractivity (Wildman–Crippen MR) is 128 cm³/mol. The normalized spacial score (nSPS) is 10.8. The first kappa shape index (κ1) is 23.1. The Balaban J connectivity index is 1.88. The van der Waals surface area contributed by atoms with Crippen LogP contribution in [-0.2, 0) is 24.2 Å². The smallest absolute Gasteiger partial charge is 0.330 e. The van der Waals surface area contributed by atoms with Crippen molar-refractivity contribution >= 4 is 17.4 Å². The lowest BCUT2D eigenvalue weighted by Gasteiger charge is -2.24. The lowest BCUT2D eigenvalue weighted by molar-refractivity contribution is -0.118. The summed E-state index contributed by atoms with van der Waals surface area (Å²) in [5.41, 5.74) is 8.25. The van der Waals surface area contributed by atoms with Crippen LogP contribution in [-0.4, -0.2) is 22.0 Å². The summed E-state index contributed by atoms with van der Waals surface area (Å²) < 4.78 is 1.30. The molecule has 0 aliphatic carbocycles. The minimum absolute atomic E-state index is 0.00305. The van der Waals surface area contributed by atoms with Crippen molar-refractivity contribution in [2.24, 2.45) is 0 Å². The Morgan fingerprint density at radius 1 is 0.969 bits per heavy atom. The van der Waals surface area contributed by atoms with Gasteiger partial charge in [-0.2, -0.15) is 0 Å². The second-order valence-corrected chi connectivity index (χ2v) is 7.78. The third-order valence-corrected chi connectivity index (χ3v) is 5.47. The number of aromatic amines is 1. The zero-order valence-corrected chi connectivity index (χ0v) is 18.6. The number of nitrogen functional groups attached to an aromatic ring is 1. The van der Waals surface area contributed by atoms with Gasteiger partial charge < -0.3 is 10.6 Å². The SMILES string of the molecule is CCCN(C(=O)CCc1ccc(CC)cc1)c1c(N)n(Cc2ccccc2)c(=O)[nH]c1=O. The number of amides is 1. The van der Waals surface area contributed by atoms with Crippen LogP contribution in [0.2, 0.25) is 0 Å². The van der Waals surface area contributed by atoms with Crippen molar-refractivity contribution in [1.82, 2.24) is 9.55 Å². The van der Waals surface area contributed by atoms with Gasteiger partial charge in [0.15, 0.2) is 5.69 Å². The molecule has 0 radical (unpaired) electrons. The Kier molecular flexibility index (Phi) is 7.65. The van der Waals surface area contributed by atoms with Gasteiger partial charge in [0, 0.05) is 13.0 Å². The van der Waals surface area contributed by atoms with E-state index in [4.69, 9.17) is 5.73 Å². The van der Waals surface area contributed by atoms with Crippen molar-refractivity contribution in [1.29, 1.82) is 0 Å². The fourth-order valence-electron chi connectivity index (χ4n) is 3.67. The van der Waals surface area contributed by atoms with Crippen LogP contribution in [0.15, 0.2) is 64.2 Å². The van der Waals surface area contributed by atoms with Gasteiger partial charge in [-0.05, 0) is 36.0 Å². The molecule has 0 aliphatic heterocycles. The molecule has 3 N–H and O–H groups in total. The number of carbonyl (C=O) groups is 1. The Hall–Kier alpha value is -3.61. The zero-order valence-electron chi connectivity index (χ0n) is 18.6. The van der Waals surface area contributed by atoms with E-state index in [1.54, 1.807) is 0 Å². The van der Waals surface area contributed by atoms with Crippen LogP contribution in [0.4, 0.5) is 11.5 Å². The largest absolute Gasteiger partial charge is 0.383 e. The summed E-state index contributed by atoms with van der Waals surface area (Å²) >= 11 is 0. The molecule has 7 nitrogen and oxygen atoms in total. The molecule has 1 amide bonds. The van der Waals surface area contributed by atoms with Crippen LogP contribution in [0.1, 0.15) is 43.4 Å². The maximum atomic E-state index is 13.1. The van der Waals surface area contributed by atoms with E-state index in [0.717, 1.165) is 17.5 Å². The number of carbonyl (C=O) groups excluding carboxylic acids is 1. The second-order valence-electron chi connectivity index (χ2n) is 7.78. The van der Waals surface area contributed by atoms with Crippen molar-refractivity contribution < 1.29 is 4.79 Å². The standard InChI is InChI=1S/C25H30N4O3/c1-3-16-28(21(30)15-14-19-12-10-18(4-2)11-13-19)22-23(26)29(25(32)27-24(22)31)17-20-8-6-5-7-9-20/h5-13H,3-4,14-17,26H2,1-2H3,(H,27,31,32). The molecular formula is C25H30N4O3. The number of benzene rings is 2. The number of nitrogens with two attached hydrogens (primary N) is 1. The van der Waals surface area contributed by atoms with Crippen molar-refractivity contribution in [3.05, 3.63) is 92.1 Å². The van der Waals surface area contributed by atoms with Gasteiger partial charge in [0.25, 0.3) is 5.56 Å². The number of hydrogen-bond donors (Lipinski definition) is 2. The Morgan fingerprint density at radius 2 is 1.62 bits per heavy atom. The quantitative estimate of drug-likeness (QED) is 0.540. The average molecular weight is 435 g/mol. The van der Waals surface area contributed by atoms with E-state index in [2.05, 4.69) is 24.0 Å². The molecule has 0 fully saturated rings. The maximum absolute atomic E-state index is 13.1. The zero-order chi connectivity index (χ0) is 23.1. The van der Waals surface area contributed by atoms with Crippen LogP contribution in [0.5, 0.6) is 0 Å². The predicted octanol–water partition coefficient (Wildman–Crippen LogP) is 3.11. The summed E-state index contributed by atoms with van der Waals surface area (Å²) in [7, 11) is 0. The van der Waals surface area contributed by atoms with Crippen LogP contribution >= 0.6 is 0 Å². The highest BCUT2D eigenvalue weighted by molar-refractivity contribution is 5.95. The number of nitrogens with one attached hydrogen (secondary N) is 1. The molecule has 32 heavy (non-hydrogen) atoms. The molecule has 3 aromatic rings. The Labute approximate surface area is 187 Å². The molecule has 7 heteroatoms. The number of hydrogen-bond acceptors (Lipinski definition) is 4. The van der Waals surface area contributed by atoms with Crippen LogP contribution < -0.4 is 21.9 Å². The number of nitrogens with zero attached hydrogens (tertiary/aromatic N) is 2. The first-order chi connectivity index (χ1) is 15.4. The summed E-state index contributed by atoms with van der Waals surface area (Å²) in [6.45, 7) is 4.56. The molecule has 168 valence electrons. The summed E-state index contributed by atoms with van der Waals surface area (Å²) in [5, 5.41) is 0. The lowest BCUT2D eigenvalue weighted by Crippen LogP contribution is -2.41. The summed E-state index contributed by atoms with van der Waals surface area (Å²) in [6, 6.07) is 17.5. The molecule has 0 atom stereocenters. The highest BCUT2D eigenvalue weighted by atomic mass is 16.2. The lowest BCUT2D eigenvalue weighted by atomic mass is 10.1. The first-order valence-electron chi connectivity index (χ1n) is 11.0. The van der Waals surface area contributed by atoms with E-state index in [9.17, 15) is 14.4 Å². The molecule has 0 saturated carbocycles. The number of aromatic nitrogens is 2. The van der Waals surface area contributed by atoms with Crippen LogP contribution in [0.3, 0.4) is 0 Å². The van der Waals surface area contributed by atoms with E-state index in [0.29, 0.717) is 19.4 Å². The van der Waals surface area contributed by atoms with Crippen LogP contribution in [0, 0.1) is 0 Å². The topological polar surface area (TPSA) is 101 Å². The van der Waals surface area contributed by atoms with Crippen LogP contribution in [0.25, 0.3) is 0 Å². The van der Waals surface area contributed by atoms with Gasteiger partial charge in [-0.1, -0.05) is 68.4 Å². The Morgan fingerprint density at radius 3 is 2.25 bits per heavy atom. The van der Waals surface area contributed by atoms with E-state index in [1.807, 2.05) is 49.4 Å². The van der Waals surface area contributed by atoms with Gasteiger partial charge in [-0.15, -0.1) is 0 Å². The fraction of sp³-hybridized carbons (Fsp3) is 0.320. The summed E-state index contributed by atoms with van der Waals surface area (Å²) in [5.74, 6) is -0.203. The first-order valence-corrected chi connectivity index (χ1v) is 11.0. The van der Waals surface area contributed by atoms with Gasteiger partial charge in [-0.25, -0.2) is 4.79 Å². The summed E-state index contributed by atoms with van der Waals surface area (Å²) in [4.78, 5) is 42.0. The highest BCUT2D eigenvalue weighted by Crippen LogP contribution is 2.20. The minimum Gasteiger partial charge on any atom is -0.383 e. The molecule has 0 bridgehead atoms. The number of anilines is 2. The van der Waals surface area contributed by atoms with Crippen molar-refractivity contribution in [3.8, 4) is 0 Å². The molecule has 1 heterocycles. The van der Waals surface area contributed by atoms with E-state index in [-0.39, 0.29) is 30.4 Å². The van der Waals surface area contributed by atoms with Crippen molar-refractivity contribution in [2.75, 3.05) is 17.2 Å². The number of H-pyrrole nitrogens is 1. The minimum atomic E-state index is -0.647. The number of rotatable bonds is 9. The second kappa shape index (κ2) is 10.6. The van der Waals surface area contributed by atoms with Crippen molar-refractivity contribution in [2.45, 2.75) is 46.1 Å². The van der Waals surface area contributed by atoms with Crippen molar-refractivity contribution in [3.63, 3.8) is 0 Å². The average Bonchev–Trinajstić information content (AvgIpc) is 2.80. The van der Waals surface area contributed by atoms with Gasteiger partial charge in [0.1, 0.15) is 5.82 Å². The van der Waals surface area contributed by atoms with Gasteiger partial charge in [0.2, 0.25) is 5.91 Å². The van der Waals surface area contributed by atoms with Gasteiger partial charge in [-0.3, -0.25) is 19.1 Å². The third kappa shape index (κ3) is 5.35. The third-order valence-electron chi connectivity index (χ3n) is 5.47. The molecule has 0 unspecified atom stereocenters. The monoisotopic (exact) mass is 434 g/mol. The van der Waals surface area contributed by atoms with E-state index >= 15 is 0 Å². The number of aryl methyl sites for hydroxylation is 2. The van der Waals surface area contributed by atoms with Gasteiger partial charge in [0.05, 0.1) is 6.54 Å². The summed E-state index contributed by atoms with van der Waals surface area (Å²) in [6.07, 6.45) is 2.41. The molecule has 0 saturated heterocycles. The van der Waals surface area contributed by atoms with Gasteiger partial charge >= 0.3 is 5.69 Å². The molecule has 2 aromatic carbocycles. The van der Waals surface area contributed by atoms with E-state index in [1.165, 1.54) is 15.0 Å². The maximum Gasteiger partial charge on any atom is 0.330 e. The highest BCUT2D eigenvalue weighted by Gasteiger charge is 2.23. The molecule has 3 rings (SSSR count). The van der Waals surface area contributed by atoms with E-state index < -0.39 is 11.2 Å². The fourth-order valence-corrected chi connectivity index (χ4v) is 3.67.